The summed E-state index contributed by atoms with van der Waals surface area (Å²) in [5, 5.41) is 3.48. The summed E-state index contributed by atoms with van der Waals surface area (Å²) in [6.07, 6.45) is 0. The molecule has 1 aromatic heterocycles. The van der Waals surface area contributed by atoms with Crippen LogP contribution in [0.3, 0.4) is 0 Å². The maximum absolute atomic E-state index is 13.2. The van der Waals surface area contributed by atoms with Crippen molar-refractivity contribution < 1.29 is 13.3 Å². The Bertz CT molecular complexity index is 487. The van der Waals surface area contributed by atoms with E-state index in [9.17, 15) is 8.78 Å². The lowest BCUT2D eigenvalue weighted by Crippen LogP contribution is -1.88. The lowest BCUT2D eigenvalue weighted by atomic mass is 10.2. The summed E-state index contributed by atoms with van der Waals surface area (Å²) in [6.45, 7) is 0. The normalized spacial score (nSPS) is 10.6. The van der Waals surface area contributed by atoms with Crippen molar-refractivity contribution in [1.29, 1.82) is 0 Å². The minimum atomic E-state index is -0.613. The number of alkyl halides is 1. The molecule has 0 spiro atoms. The second-order valence-corrected chi connectivity index (χ2v) is 3.04. The van der Waals surface area contributed by atoms with E-state index in [1.165, 1.54) is 0 Å². The van der Waals surface area contributed by atoms with Crippen molar-refractivity contribution in [2.75, 3.05) is 0 Å². The van der Waals surface area contributed by atoms with Gasteiger partial charge in [0.2, 0.25) is 11.7 Å². The first-order valence-corrected chi connectivity index (χ1v) is 4.58. The van der Waals surface area contributed by atoms with Gasteiger partial charge in [-0.3, -0.25) is 0 Å². The summed E-state index contributed by atoms with van der Waals surface area (Å²) in [4.78, 5) is 3.78. The number of aromatic nitrogens is 2. The lowest BCUT2D eigenvalue weighted by molar-refractivity contribution is 0.390. The van der Waals surface area contributed by atoms with Crippen LogP contribution in [0.4, 0.5) is 8.78 Å². The van der Waals surface area contributed by atoms with Gasteiger partial charge in [0.15, 0.2) is 0 Å². The fourth-order valence-electron chi connectivity index (χ4n) is 1.09. The number of nitrogens with zero attached hydrogens (tertiary/aromatic N) is 2. The van der Waals surface area contributed by atoms with Crippen molar-refractivity contribution in [2.45, 2.75) is 5.88 Å². The standard InChI is InChI=1S/C9H5ClF2N2O/c10-4-8-13-9(14-15-8)6-3-5(11)1-2-7(6)12/h1-3H,4H2. The summed E-state index contributed by atoms with van der Waals surface area (Å²) in [5.41, 5.74) is -0.0462. The monoisotopic (exact) mass is 230 g/mol. The van der Waals surface area contributed by atoms with Gasteiger partial charge in [0.25, 0.3) is 0 Å². The molecule has 0 aliphatic heterocycles. The molecule has 0 aliphatic carbocycles. The smallest absolute Gasteiger partial charge is 0.241 e. The Hall–Kier alpha value is -1.49. The molecule has 0 bridgehead atoms. The predicted molar refractivity (Wildman–Crippen MR) is 49.2 cm³/mol. The van der Waals surface area contributed by atoms with Crippen LogP contribution in [0.5, 0.6) is 0 Å². The van der Waals surface area contributed by atoms with Crippen LogP contribution < -0.4 is 0 Å². The highest BCUT2D eigenvalue weighted by molar-refractivity contribution is 6.16. The van der Waals surface area contributed by atoms with Gasteiger partial charge >= 0.3 is 0 Å². The van der Waals surface area contributed by atoms with Crippen LogP contribution in [0.1, 0.15) is 5.89 Å². The third kappa shape index (κ3) is 1.97. The molecule has 2 rings (SSSR count). The molecule has 6 heteroatoms. The second kappa shape index (κ2) is 3.94. The van der Waals surface area contributed by atoms with Gasteiger partial charge in [0.1, 0.15) is 17.5 Å². The molecule has 78 valence electrons. The highest BCUT2D eigenvalue weighted by atomic mass is 35.5. The molecule has 1 heterocycles. The zero-order valence-electron chi connectivity index (χ0n) is 7.38. The van der Waals surface area contributed by atoms with Crippen LogP contribution in [0.2, 0.25) is 0 Å². The molecule has 0 aliphatic rings. The molecule has 0 fully saturated rings. The van der Waals surface area contributed by atoms with Crippen LogP contribution in [0.25, 0.3) is 11.4 Å². The molecule has 15 heavy (non-hydrogen) atoms. The number of halogens is 3. The van der Waals surface area contributed by atoms with E-state index in [1.807, 2.05) is 0 Å². The molecule has 0 atom stereocenters. The Morgan fingerprint density at radius 2 is 2.13 bits per heavy atom. The lowest BCUT2D eigenvalue weighted by Gasteiger charge is -1.96. The minimum Gasteiger partial charge on any atom is -0.338 e. The third-order valence-electron chi connectivity index (χ3n) is 1.75. The van der Waals surface area contributed by atoms with E-state index in [2.05, 4.69) is 14.7 Å². The highest BCUT2D eigenvalue weighted by Gasteiger charge is 2.13. The molecule has 0 saturated carbocycles. The quantitative estimate of drug-likeness (QED) is 0.745. The first-order chi connectivity index (χ1) is 7.20. The van der Waals surface area contributed by atoms with E-state index in [4.69, 9.17) is 11.6 Å². The molecule has 3 nitrogen and oxygen atoms in total. The summed E-state index contributed by atoms with van der Waals surface area (Å²) in [7, 11) is 0. The van der Waals surface area contributed by atoms with E-state index in [0.717, 1.165) is 18.2 Å². The van der Waals surface area contributed by atoms with E-state index in [1.54, 1.807) is 0 Å². The second-order valence-electron chi connectivity index (χ2n) is 2.77. The van der Waals surface area contributed by atoms with Gasteiger partial charge in [0, 0.05) is 0 Å². The first kappa shape index (κ1) is 10.0. The van der Waals surface area contributed by atoms with Gasteiger partial charge in [-0.25, -0.2) is 8.78 Å². The molecule has 2 aromatic rings. The average molecular weight is 231 g/mol. The third-order valence-corrected chi connectivity index (χ3v) is 1.98. The van der Waals surface area contributed by atoms with Crippen molar-refractivity contribution in [3.05, 3.63) is 35.7 Å². The van der Waals surface area contributed by atoms with E-state index >= 15 is 0 Å². The number of rotatable bonds is 2. The number of hydrogen-bond donors (Lipinski definition) is 0. The van der Waals surface area contributed by atoms with Crippen LogP contribution in [0, 0.1) is 11.6 Å². The van der Waals surface area contributed by atoms with E-state index in [-0.39, 0.29) is 23.2 Å². The van der Waals surface area contributed by atoms with Crippen LogP contribution in [-0.2, 0) is 5.88 Å². The zero-order chi connectivity index (χ0) is 10.8. The Balaban J connectivity index is 2.48. The van der Waals surface area contributed by atoms with E-state index in [0.29, 0.717) is 0 Å². The SMILES string of the molecule is Fc1ccc(F)c(-c2noc(CCl)n2)c1. The topological polar surface area (TPSA) is 38.9 Å². The van der Waals surface area contributed by atoms with Gasteiger partial charge in [-0.1, -0.05) is 5.16 Å². The molecular formula is C9H5ClF2N2O. The summed E-state index contributed by atoms with van der Waals surface area (Å²) < 4.78 is 30.8. The average Bonchev–Trinajstić information content (AvgIpc) is 2.70. The van der Waals surface area contributed by atoms with Crippen molar-refractivity contribution in [2.24, 2.45) is 0 Å². The molecule has 0 unspecified atom stereocenters. The largest absolute Gasteiger partial charge is 0.338 e. The Morgan fingerprint density at radius 3 is 2.80 bits per heavy atom. The van der Waals surface area contributed by atoms with Crippen LogP contribution >= 0.6 is 11.6 Å². The maximum Gasteiger partial charge on any atom is 0.241 e. The van der Waals surface area contributed by atoms with Crippen LogP contribution in [-0.4, -0.2) is 10.1 Å². The summed E-state index contributed by atoms with van der Waals surface area (Å²) in [5.74, 6) is -0.996. The van der Waals surface area contributed by atoms with Crippen molar-refractivity contribution >= 4 is 11.6 Å². The summed E-state index contributed by atoms with van der Waals surface area (Å²) >= 11 is 5.43. The van der Waals surface area contributed by atoms with Gasteiger partial charge in [-0.2, -0.15) is 4.98 Å². The minimum absolute atomic E-state index is 0.0114. The Kier molecular flexibility index (Phi) is 2.64. The molecule has 1 aromatic carbocycles. The first-order valence-electron chi connectivity index (χ1n) is 4.04. The fraction of sp³-hybridized carbons (Fsp3) is 0.111. The zero-order valence-corrected chi connectivity index (χ0v) is 8.13. The molecule has 0 radical (unpaired) electrons. The van der Waals surface area contributed by atoms with Crippen molar-refractivity contribution in [3.63, 3.8) is 0 Å². The molecular weight excluding hydrogens is 226 g/mol. The molecule has 0 saturated heterocycles. The molecule has 0 amide bonds. The van der Waals surface area contributed by atoms with Crippen LogP contribution in [0.15, 0.2) is 22.7 Å². The van der Waals surface area contributed by atoms with Gasteiger partial charge < -0.3 is 4.52 Å². The van der Waals surface area contributed by atoms with E-state index < -0.39 is 11.6 Å². The molecule has 0 N–H and O–H groups in total. The summed E-state index contributed by atoms with van der Waals surface area (Å²) in [6, 6.07) is 3.01. The van der Waals surface area contributed by atoms with Gasteiger partial charge in [-0.15, -0.1) is 11.6 Å². The maximum atomic E-state index is 13.2. The Labute approximate surface area is 88.7 Å². The van der Waals surface area contributed by atoms with Crippen molar-refractivity contribution in [1.82, 2.24) is 10.1 Å². The number of hydrogen-bond acceptors (Lipinski definition) is 3. The van der Waals surface area contributed by atoms with Gasteiger partial charge in [-0.05, 0) is 18.2 Å². The fourth-order valence-corrected chi connectivity index (χ4v) is 1.20. The Morgan fingerprint density at radius 1 is 1.33 bits per heavy atom. The highest BCUT2D eigenvalue weighted by Crippen LogP contribution is 2.21. The number of benzene rings is 1. The van der Waals surface area contributed by atoms with Crippen molar-refractivity contribution in [3.8, 4) is 11.4 Å². The van der Waals surface area contributed by atoms with Gasteiger partial charge in [0.05, 0.1) is 5.56 Å². The predicted octanol–water partition coefficient (Wildman–Crippen LogP) is 2.75.